The molecule has 0 radical (unpaired) electrons. The van der Waals surface area contributed by atoms with E-state index in [4.69, 9.17) is 14.2 Å². The molecule has 7 atom stereocenters. The lowest BCUT2D eigenvalue weighted by Gasteiger charge is -2.57. The van der Waals surface area contributed by atoms with Gasteiger partial charge in [-0.05, 0) is 88.7 Å². The van der Waals surface area contributed by atoms with Gasteiger partial charge in [-0.3, -0.25) is 4.79 Å². The van der Waals surface area contributed by atoms with E-state index in [-0.39, 0.29) is 34.1 Å². The first-order valence-corrected chi connectivity index (χ1v) is 11.8. The monoisotopic (exact) mass is 400 g/mol. The molecule has 6 rings (SSSR count). The second-order valence-electron chi connectivity index (χ2n) is 12.3. The summed E-state index contributed by atoms with van der Waals surface area (Å²) >= 11 is 0. The number of fused-ring (bicyclic) bond motifs is 8. The molecule has 0 aromatic rings. The number of carbonyl (C=O) groups excluding carboxylic acids is 1. The molecule has 0 aromatic carbocycles. The number of allylic oxidation sites excluding steroid dienone is 1. The highest BCUT2D eigenvalue weighted by Gasteiger charge is 2.73. The van der Waals surface area contributed by atoms with Crippen molar-refractivity contribution in [1.29, 1.82) is 0 Å². The molecule has 160 valence electrons. The molecule has 3 saturated carbocycles. The normalized spacial score (nSPS) is 53.0. The fourth-order valence-corrected chi connectivity index (χ4v) is 8.08. The molecule has 0 unspecified atom stereocenters. The lowest BCUT2D eigenvalue weighted by atomic mass is 9.47. The fraction of sp³-hybridized carbons (Fsp3) is 0.880. The Balaban J connectivity index is 1.40. The predicted octanol–water partition coefficient (Wildman–Crippen LogP) is 4.81. The first-order chi connectivity index (χ1) is 13.4. The Bertz CT molecular complexity index is 809. The lowest BCUT2D eigenvalue weighted by Crippen LogP contribution is -2.57. The standard InChI is InChI=1S/C25H36O4/c1-21(2)22(3,4)29-25(28-21)12-8-15-19-14(7-11-24(15,25)6)23(5)10-9-18-20(27-18)16(23)13-17(19)26/h13-15,18-20H,7-12H2,1-6H3/t14-,15-,18+,19+,20-,23+,24-/m0/s1. The summed E-state index contributed by atoms with van der Waals surface area (Å²) in [5.74, 6) is 0.680. The van der Waals surface area contributed by atoms with Gasteiger partial charge in [-0.1, -0.05) is 13.8 Å². The minimum atomic E-state index is -0.557. The highest BCUT2D eigenvalue weighted by Crippen LogP contribution is 2.71. The van der Waals surface area contributed by atoms with Crippen LogP contribution in [0.1, 0.15) is 80.1 Å². The van der Waals surface area contributed by atoms with E-state index in [2.05, 4.69) is 41.5 Å². The largest absolute Gasteiger partial charge is 0.365 e. The van der Waals surface area contributed by atoms with Crippen molar-refractivity contribution in [3.8, 4) is 0 Å². The van der Waals surface area contributed by atoms with Gasteiger partial charge in [-0.15, -0.1) is 0 Å². The minimum Gasteiger partial charge on any atom is -0.365 e. The summed E-state index contributed by atoms with van der Waals surface area (Å²) in [5.41, 5.74) is 0.664. The number of hydrogen-bond acceptors (Lipinski definition) is 4. The van der Waals surface area contributed by atoms with Gasteiger partial charge in [-0.25, -0.2) is 0 Å². The summed E-state index contributed by atoms with van der Waals surface area (Å²) in [7, 11) is 0. The smallest absolute Gasteiger partial charge is 0.175 e. The molecular formula is C25H36O4. The molecule has 0 amide bonds. The van der Waals surface area contributed by atoms with Crippen molar-refractivity contribution in [2.75, 3.05) is 0 Å². The molecule has 0 N–H and O–H groups in total. The SMILES string of the molecule is CC1(C)OC2(CC[C@H]3[C@@H]4C(=O)C=C5[C@@H]6O[C@@H]6CC[C@]5(C)[C@H]4CC[C@@]32C)OC1(C)C. The van der Waals surface area contributed by atoms with Crippen LogP contribution in [-0.4, -0.2) is 35.0 Å². The second kappa shape index (κ2) is 5.19. The van der Waals surface area contributed by atoms with E-state index in [1.165, 1.54) is 5.57 Å². The third-order valence-corrected chi connectivity index (χ3v) is 10.5. The molecular weight excluding hydrogens is 364 g/mol. The van der Waals surface area contributed by atoms with Crippen molar-refractivity contribution < 1.29 is 19.0 Å². The third-order valence-electron chi connectivity index (χ3n) is 10.5. The molecule has 2 heterocycles. The van der Waals surface area contributed by atoms with Crippen molar-refractivity contribution in [2.24, 2.45) is 28.6 Å². The van der Waals surface area contributed by atoms with Gasteiger partial charge in [0.05, 0.1) is 17.3 Å². The van der Waals surface area contributed by atoms with Gasteiger partial charge in [0.1, 0.15) is 6.10 Å². The van der Waals surface area contributed by atoms with Crippen molar-refractivity contribution >= 4 is 5.78 Å². The Morgan fingerprint density at radius 1 is 0.862 bits per heavy atom. The van der Waals surface area contributed by atoms with Crippen molar-refractivity contribution in [1.82, 2.24) is 0 Å². The topological polar surface area (TPSA) is 48.1 Å². The van der Waals surface area contributed by atoms with Gasteiger partial charge in [0.2, 0.25) is 0 Å². The Morgan fingerprint density at radius 2 is 1.52 bits per heavy atom. The quantitative estimate of drug-likeness (QED) is 0.548. The first kappa shape index (κ1) is 19.0. The molecule has 4 heteroatoms. The first-order valence-electron chi connectivity index (χ1n) is 11.8. The molecule has 2 aliphatic heterocycles. The van der Waals surface area contributed by atoms with Crippen molar-refractivity contribution in [2.45, 2.75) is 109 Å². The van der Waals surface area contributed by atoms with Crippen LogP contribution in [-0.2, 0) is 19.0 Å². The molecule has 4 nitrogen and oxygen atoms in total. The van der Waals surface area contributed by atoms with Crippen LogP contribution in [0.5, 0.6) is 0 Å². The number of ketones is 1. The summed E-state index contributed by atoms with van der Waals surface area (Å²) in [6.07, 6.45) is 9.02. The summed E-state index contributed by atoms with van der Waals surface area (Å²) in [4.78, 5) is 13.5. The van der Waals surface area contributed by atoms with E-state index in [0.717, 1.165) is 38.5 Å². The van der Waals surface area contributed by atoms with E-state index < -0.39 is 5.79 Å². The Hall–Kier alpha value is -0.710. The highest BCUT2D eigenvalue weighted by molar-refractivity contribution is 5.95. The van der Waals surface area contributed by atoms with Crippen LogP contribution in [0.4, 0.5) is 0 Å². The Kier molecular flexibility index (Phi) is 3.40. The number of rotatable bonds is 0. The average Bonchev–Trinajstić information content (AvgIpc) is 3.31. The van der Waals surface area contributed by atoms with Crippen LogP contribution in [0.3, 0.4) is 0 Å². The Morgan fingerprint density at radius 3 is 2.21 bits per heavy atom. The van der Waals surface area contributed by atoms with Gasteiger partial charge in [0.25, 0.3) is 0 Å². The molecule has 0 bridgehead atoms. The van der Waals surface area contributed by atoms with Crippen LogP contribution in [0.15, 0.2) is 11.6 Å². The molecule has 0 aromatic heterocycles. The summed E-state index contributed by atoms with van der Waals surface area (Å²) < 4.78 is 19.5. The zero-order valence-corrected chi connectivity index (χ0v) is 18.8. The molecule has 6 aliphatic rings. The maximum Gasteiger partial charge on any atom is 0.175 e. The minimum absolute atomic E-state index is 0.107. The third kappa shape index (κ3) is 2.09. The number of hydrogen-bond donors (Lipinski definition) is 0. The maximum absolute atomic E-state index is 13.5. The van der Waals surface area contributed by atoms with E-state index in [9.17, 15) is 4.79 Å². The molecule has 2 saturated heterocycles. The van der Waals surface area contributed by atoms with Gasteiger partial charge in [0.15, 0.2) is 11.6 Å². The Labute approximate surface area is 174 Å². The average molecular weight is 401 g/mol. The van der Waals surface area contributed by atoms with Gasteiger partial charge >= 0.3 is 0 Å². The fourth-order valence-electron chi connectivity index (χ4n) is 8.08. The zero-order chi connectivity index (χ0) is 20.6. The van der Waals surface area contributed by atoms with E-state index in [1.807, 2.05) is 6.08 Å². The van der Waals surface area contributed by atoms with Gasteiger partial charge in [-0.2, -0.15) is 0 Å². The van der Waals surface area contributed by atoms with Crippen molar-refractivity contribution in [3.63, 3.8) is 0 Å². The van der Waals surface area contributed by atoms with Crippen LogP contribution in [0, 0.1) is 28.6 Å². The van der Waals surface area contributed by atoms with E-state index in [1.54, 1.807) is 0 Å². The lowest BCUT2D eigenvalue weighted by molar-refractivity contribution is -0.264. The summed E-state index contributed by atoms with van der Waals surface area (Å²) in [6, 6.07) is 0. The highest BCUT2D eigenvalue weighted by atomic mass is 16.8. The van der Waals surface area contributed by atoms with Crippen molar-refractivity contribution in [3.05, 3.63) is 11.6 Å². The van der Waals surface area contributed by atoms with E-state index in [0.29, 0.717) is 23.7 Å². The number of ether oxygens (including phenoxy) is 3. The number of epoxide rings is 1. The van der Waals surface area contributed by atoms with Crippen LogP contribution in [0.25, 0.3) is 0 Å². The second-order valence-corrected chi connectivity index (χ2v) is 12.3. The number of carbonyl (C=O) groups is 1. The van der Waals surface area contributed by atoms with Crippen LogP contribution < -0.4 is 0 Å². The van der Waals surface area contributed by atoms with Gasteiger partial charge < -0.3 is 14.2 Å². The molecule has 4 aliphatic carbocycles. The van der Waals surface area contributed by atoms with Crippen LogP contribution in [0.2, 0.25) is 0 Å². The maximum atomic E-state index is 13.5. The van der Waals surface area contributed by atoms with E-state index >= 15 is 0 Å². The summed E-state index contributed by atoms with van der Waals surface area (Å²) in [5, 5.41) is 0. The van der Waals surface area contributed by atoms with Gasteiger partial charge in [0, 0.05) is 17.8 Å². The zero-order valence-electron chi connectivity index (χ0n) is 18.8. The predicted molar refractivity (Wildman–Crippen MR) is 109 cm³/mol. The summed E-state index contributed by atoms with van der Waals surface area (Å²) in [6.45, 7) is 13.4. The van der Waals surface area contributed by atoms with Crippen LogP contribution >= 0.6 is 0 Å². The molecule has 1 spiro atoms. The molecule has 5 fully saturated rings. The molecule has 29 heavy (non-hydrogen) atoms.